The Hall–Kier alpha value is -2.18. The fourth-order valence-corrected chi connectivity index (χ4v) is 3.43. The van der Waals surface area contributed by atoms with Crippen molar-refractivity contribution >= 4 is 11.6 Å². The van der Waals surface area contributed by atoms with Crippen LogP contribution in [0.4, 0.5) is 5.69 Å². The van der Waals surface area contributed by atoms with Gasteiger partial charge >= 0.3 is 0 Å². The Bertz CT molecular complexity index is 663. The van der Waals surface area contributed by atoms with Crippen LogP contribution in [0, 0.1) is 0 Å². The van der Waals surface area contributed by atoms with Crippen LogP contribution in [-0.4, -0.2) is 51.9 Å². The number of likely N-dealkylation sites (tertiary alicyclic amines) is 1. The number of anilines is 1. The van der Waals surface area contributed by atoms with Gasteiger partial charge in [-0.25, -0.2) is 0 Å². The first-order valence-electron chi connectivity index (χ1n) is 8.96. The van der Waals surface area contributed by atoms with Gasteiger partial charge in [0.05, 0.1) is 13.2 Å². The van der Waals surface area contributed by atoms with Crippen LogP contribution >= 0.6 is 0 Å². The van der Waals surface area contributed by atoms with Crippen molar-refractivity contribution in [2.24, 2.45) is 0 Å². The van der Waals surface area contributed by atoms with Gasteiger partial charge in [-0.1, -0.05) is 18.2 Å². The molecule has 0 saturated carbocycles. The number of nitrogens with zero attached hydrogens (tertiary/aromatic N) is 3. The molecule has 25 heavy (non-hydrogen) atoms. The van der Waals surface area contributed by atoms with Gasteiger partial charge in [0.2, 0.25) is 5.91 Å². The second-order valence-electron chi connectivity index (χ2n) is 6.48. The van der Waals surface area contributed by atoms with E-state index in [2.05, 4.69) is 21.4 Å². The second-order valence-corrected chi connectivity index (χ2v) is 6.48. The van der Waals surface area contributed by atoms with Crippen molar-refractivity contribution in [3.8, 4) is 0 Å². The van der Waals surface area contributed by atoms with Crippen LogP contribution in [0.1, 0.15) is 30.9 Å². The lowest BCUT2D eigenvalue weighted by Crippen LogP contribution is -2.35. The molecule has 1 aromatic heterocycles. The standard InChI is InChI=1S/C19H26N4O2/c24-15-14-23-18(6-10-20-23)16-7-11-22(12-8-16)13-9-19(25)21-17-4-2-1-3-5-17/h1-6,10,16,24H,7-9,11-15H2,(H,21,25). The van der Waals surface area contributed by atoms with Gasteiger partial charge in [-0.3, -0.25) is 9.48 Å². The molecule has 2 aromatic rings. The number of aliphatic hydroxyl groups excluding tert-OH is 1. The maximum Gasteiger partial charge on any atom is 0.225 e. The first-order valence-corrected chi connectivity index (χ1v) is 8.96. The number of carbonyl (C=O) groups is 1. The Kier molecular flexibility index (Phi) is 6.19. The first kappa shape index (κ1) is 17.6. The number of benzene rings is 1. The summed E-state index contributed by atoms with van der Waals surface area (Å²) in [6.45, 7) is 3.45. The van der Waals surface area contributed by atoms with E-state index in [1.165, 1.54) is 5.69 Å². The molecule has 6 heteroatoms. The van der Waals surface area contributed by atoms with Crippen molar-refractivity contribution in [1.82, 2.24) is 14.7 Å². The highest BCUT2D eigenvalue weighted by atomic mass is 16.3. The van der Waals surface area contributed by atoms with E-state index in [-0.39, 0.29) is 12.5 Å². The number of para-hydroxylation sites is 1. The highest BCUT2D eigenvalue weighted by Crippen LogP contribution is 2.27. The Balaban J connectivity index is 1.42. The molecule has 2 heterocycles. The number of carbonyl (C=O) groups excluding carboxylic acids is 1. The highest BCUT2D eigenvalue weighted by Gasteiger charge is 2.23. The van der Waals surface area contributed by atoms with E-state index in [1.807, 2.05) is 41.2 Å². The topological polar surface area (TPSA) is 70.4 Å². The molecule has 0 bridgehead atoms. The molecule has 6 nitrogen and oxygen atoms in total. The lowest BCUT2D eigenvalue weighted by Gasteiger charge is -2.32. The van der Waals surface area contributed by atoms with Crippen LogP contribution in [0.25, 0.3) is 0 Å². The average Bonchev–Trinajstić information content (AvgIpc) is 3.10. The van der Waals surface area contributed by atoms with Crippen LogP contribution in [0.2, 0.25) is 0 Å². The third kappa shape index (κ3) is 4.90. The van der Waals surface area contributed by atoms with Crippen molar-refractivity contribution in [2.75, 3.05) is 31.6 Å². The minimum absolute atomic E-state index is 0.0642. The summed E-state index contributed by atoms with van der Waals surface area (Å²) in [5.41, 5.74) is 2.07. The third-order valence-electron chi connectivity index (χ3n) is 4.78. The Morgan fingerprint density at radius 3 is 2.64 bits per heavy atom. The highest BCUT2D eigenvalue weighted by molar-refractivity contribution is 5.90. The number of hydrogen-bond donors (Lipinski definition) is 2. The summed E-state index contributed by atoms with van der Waals surface area (Å²) in [6.07, 6.45) is 4.46. The lowest BCUT2D eigenvalue weighted by atomic mass is 9.93. The maximum atomic E-state index is 12.0. The lowest BCUT2D eigenvalue weighted by molar-refractivity contribution is -0.116. The quantitative estimate of drug-likeness (QED) is 0.808. The minimum atomic E-state index is 0.0642. The zero-order valence-corrected chi connectivity index (χ0v) is 14.5. The van der Waals surface area contributed by atoms with Crippen molar-refractivity contribution in [1.29, 1.82) is 0 Å². The van der Waals surface area contributed by atoms with Crippen molar-refractivity contribution < 1.29 is 9.90 Å². The summed E-state index contributed by atoms with van der Waals surface area (Å²) in [5.74, 6) is 0.554. The van der Waals surface area contributed by atoms with Gasteiger partial charge < -0.3 is 15.3 Å². The molecule has 2 N–H and O–H groups in total. The summed E-state index contributed by atoms with van der Waals surface area (Å²) >= 11 is 0. The molecule has 1 aliphatic rings. The van der Waals surface area contributed by atoms with E-state index >= 15 is 0 Å². The van der Waals surface area contributed by atoms with Gasteiger partial charge in [-0.15, -0.1) is 0 Å². The minimum Gasteiger partial charge on any atom is -0.394 e. The van der Waals surface area contributed by atoms with Crippen LogP contribution in [0.3, 0.4) is 0 Å². The van der Waals surface area contributed by atoms with Gasteiger partial charge in [0.15, 0.2) is 0 Å². The van der Waals surface area contributed by atoms with Gasteiger partial charge in [-0.2, -0.15) is 5.10 Å². The third-order valence-corrected chi connectivity index (χ3v) is 4.78. The number of nitrogens with one attached hydrogen (secondary N) is 1. The smallest absolute Gasteiger partial charge is 0.225 e. The molecule has 1 amide bonds. The molecule has 0 unspecified atom stereocenters. The first-order chi connectivity index (χ1) is 12.3. The van der Waals surface area contributed by atoms with Gasteiger partial charge in [0.25, 0.3) is 0 Å². The average molecular weight is 342 g/mol. The number of amides is 1. The Labute approximate surface area is 148 Å². The van der Waals surface area contributed by atoms with E-state index < -0.39 is 0 Å². The van der Waals surface area contributed by atoms with Gasteiger partial charge in [-0.05, 0) is 44.1 Å². The number of aliphatic hydroxyl groups is 1. The SMILES string of the molecule is O=C(CCN1CCC(c2ccnn2CCO)CC1)Nc1ccccc1. The van der Waals surface area contributed by atoms with Gasteiger partial charge in [0, 0.05) is 36.5 Å². The van der Waals surface area contributed by atoms with Crippen LogP contribution in [0.15, 0.2) is 42.6 Å². The normalized spacial score (nSPS) is 16.0. The van der Waals surface area contributed by atoms with E-state index in [0.717, 1.165) is 38.2 Å². The zero-order valence-electron chi connectivity index (χ0n) is 14.5. The summed E-state index contributed by atoms with van der Waals surface area (Å²) in [4.78, 5) is 14.4. The molecule has 1 saturated heterocycles. The van der Waals surface area contributed by atoms with Crippen LogP contribution < -0.4 is 5.32 Å². The fraction of sp³-hybridized carbons (Fsp3) is 0.474. The molecule has 1 aromatic carbocycles. The molecule has 1 fully saturated rings. The predicted molar refractivity (Wildman–Crippen MR) is 97.4 cm³/mol. The fourth-order valence-electron chi connectivity index (χ4n) is 3.43. The molecule has 1 aliphatic heterocycles. The number of hydrogen-bond acceptors (Lipinski definition) is 4. The van der Waals surface area contributed by atoms with Crippen LogP contribution in [0.5, 0.6) is 0 Å². The van der Waals surface area contributed by atoms with E-state index in [1.54, 1.807) is 0 Å². The molecule has 0 radical (unpaired) electrons. The summed E-state index contributed by atoms with van der Waals surface area (Å²) in [7, 11) is 0. The summed E-state index contributed by atoms with van der Waals surface area (Å²) in [6, 6.07) is 11.6. The molecule has 0 atom stereocenters. The van der Waals surface area contributed by atoms with Gasteiger partial charge in [0.1, 0.15) is 0 Å². The number of aromatic nitrogens is 2. The van der Waals surface area contributed by atoms with E-state index in [9.17, 15) is 4.79 Å². The molecular formula is C19H26N4O2. The summed E-state index contributed by atoms with van der Waals surface area (Å²) < 4.78 is 1.91. The Morgan fingerprint density at radius 2 is 1.92 bits per heavy atom. The molecule has 134 valence electrons. The van der Waals surface area contributed by atoms with E-state index in [4.69, 9.17) is 5.11 Å². The molecule has 0 aliphatic carbocycles. The monoisotopic (exact) mass is 342 g/mol. The number of piperidine rings is 1. The van der Waals surface area contributed by atoms with Crippen LogP contribution in [-0.2, 0) is 11.3 Å². The summed E-state index contributed by atoms with van der Waals surface area (Å²) in [5, 5.41) is 16.3. The van der Waals surface area contributed by atoms with Crippen molar-refractivity contribution in [2.45, 2.75) is 31.7 Å². The predicted octanol–water partition coefficient (Wildman–Crippen LogP) is 2.08. The zero-order chi connectivity index (χ0) is 17.5. The van der Waals surface area contributed by atoms with Crippen molar-refractivity contribution in [3.63, 3.8) is 0 Å². The Morgan fingerprint density at radius 1 is 1.16 bits per heavy atom. The molecule has 3 rings (SSSR count). The maximum absolute atomic E-state index is 12.0. The van der Waals surface area contributed by atoms with Crippen molar-refractivity contribution in [3.05, 3.63) is 48.3 Å². The second kappa shape index (κ2) is 8.78. The van der Waals surface area contributed by atoms with E-state index in [0.29, 0.717) is 18.9 Å². The molecule has 0 spiro atoms. The number of rotatable bonds is 7. The largest absolute Gasteiger partial charge is 0.394 e. The molecular weight excluding hydrogens is 316 g/mol.